The molecule has 1 aliphatic rings. The van der Waals surface area contributed by atoms with Gasteiger partial charge in [0, 0.05) is 19.5 Å². The Morgan fingerprint density at radius 3 is 2.75 bits per heavy atom. The highest BCUT2D eigenvalue weighted by molar-refractivity contribution is 5.29. The third-order valence-electron chi connectivity index (χ3n) is 2.24. The van der Waals surface area contributed by atoms with Crippen LogP contribution in [0.2, 0.25) is 0 Å². The molecule has 0 bridgehead atoms. The molecule has 0 unspecified atom stereocenters. The van der Waals surface area contributed by atoms with Gasteiger partial charge in [-0.1, -0.05) is 6.92 Å². The molecule has 4 heteroatoms. The zero-order valence-corrected chi connectivity index (χ0v) is 7.38. The Hall–Kier alpha value is -1.06. The van der Waals surface area contributed by atoms with Gasteiger partial charge in [-0.25, -0.2) is 0 Å². The third kappa shape index (κ3) is 1.29. The van der Waals surface area contributed by atoms with Crippen LogP contribution in [0, 0.1) is 0 Å². The van der Waals surface area contributed by atoms with Gasteiger partial charge in [-0.2, -0.15) is 4.98 Å². The summed E-state index contributed by atoms with van der Waals surface area (Å²) >= 11 is 0. The summed E-state index contributed by atoms with van der Waals surface area (Å²) in [6.07, 6.45) is 3.48. The van der Waals surface area contributed by atoms with E-state index in [-0.39, 0.29) is 0 Å². The van der Waals surface area contributed by atoms with E-state index in [0.717, 1.165) is 31.3 Å². The predicted octanol–water partition coefficient (Wildman–Crippen LogP) is 0.967. The van der Waals surface area contributed by atoms with Crippen LogP contribution in [0.15, 0.2) is 0 Å². The molecular weight excluding hydrogens is 152 g/mol. The Kier molecular flexibility index (Phi) is 1.98. The monoisotopic (exact) mass is 166 g/mol. The first kappa shape index (κ1) is 7.58. The molecule has 0 aliphatic carbocycles. The van der Waals surface area contributed by atoms with E-state index in [1.165, 1.54) is 12.8 Å². The van der Waals surface area contributed by atoms with Crippen molar-refractivity contribution in [3.05, 3.63) is 5.82 Å². The van der Waals surface area contributed by atoms with E-state index in [1.807, 2.05) is 0 Å². The van der Waals surface area contributed by atoms with Crippen LogP contribution in [-0.4, -0.2) is 28.3 Å². The molecule has 1 saturated heterocycles. The molecule has 1 aromatic heterocycles. The lowest BCUT2D eigenvalue weighted by molar-refractivity contribution is 0.903. The second kappa shape index (κ2) is 3.13. The van der Waals surface area contributed by atoms with Crippen molar-refractivity contribution in [2.45, 2.75) is 26.2 Å². The first-order chi connectivity index (χ1) is 5.90. The Morgan fingerprint density at radius 2 is 2.17 bits per heavy atom. The van der Waals surface area contributed by atoms with Crippen LogP contribution >= 0.6 is 0 Å². The van der Waals surface area contributed by atoms with Crippen molar-refractivity contribution in [2.24, 2.45) is 0 Å². The number of anilines is 1. The lowest BCUT2D eigenvalue weighted by Crippen LogP contribution is -2.18. The maximum absolute atomic E-state index is 4.37. The summed E-state index contributed by atoms with van der Waals surface area (Å²) in [7, 11) is 0. The number of hydrogen-bond acceptors (Lipinski definition) is 3. The summed E-state index contributed by atoms with van der Waals surface area (Å²) in [6, 6.07) is 0. The van der Waals surface area contributed by atoms with Gasteiger partial charge in [-0.15, -0.1) is 5.10 Å². The zero-order chi connectivity index (χ0) is 8.39. The number of rotatable bonds is 2. The third-order valence-corrected chi connectivity index (χ3v) is 2.24. The van der Waals surface area contributed by atoms with E-state index in [1.54, 1.807) is 0 Å². The first-order valence-corrected chi connectivity index (χ1v) is 4.56. The molecule has 0 aromatic carbocycles. The standard InChI is InChI=1S/C8H14N4/c1-2-7-9-8(11-10-7)12-5-3-4-6-12/h2-6H2,1H3,(H,9,10,11). The fourth-order valence-electron chi connectivity index (χ4n) is 1.50. The molecular formula is C8H14N4. The van der Waals surface area contributed by atoms with Crippen molar-refractivity contribution in [1.29, 1.82) is 0 Å². The van der Waals surface area contributed by atoms with Gasteiger partial charge >= 0.3 is 0 Å². The summed E-state index contributed by atoms with van der Waals surface area (Å²) in [4.78, 5) is 6.60. The van der Waals surface area contributed by atoms with Crippen LogP contribution in [0.3, 0.4) is 0 Å². The molecule has 1 aliphatic heterocycles. The van der Waals surface area contributed by atoms with Gasteiger partial charge in [-0.05, 0) is 12.8 Å². The van der Waals surface area contributed by atoms with Crippen molar-refractivity contribution in [1.82, 2.24) is 15.2 Å². The molecule has 0 spiro atoms. The van der Waals surface area contributed by atoms with Gasteiger partial charge in [0.05, 0.1) is 0 Å². The lowest BCUT2D eigenvalue weighted by atomic mass is 10.4. The van der Waals surface area contributed by atoms with Crippen LogP contribution in [0.5, 0.6) is 0 Å². The molecule has 2 heterocycles. The van der Waals surface area contributed by atoms with Gasteiger partial charge in [0.1, 0.15) is 5.82 Å². The molecule has 66 valence electrons. The Balaban J connectivity index is 2.11. The number of aryl methyl sites for hydroxylation is 1. The van der Waals surface area contributed by atoms with Crippen molar-refractivity contribution in [2.75, 3.05) is 18.0 Å². The normalized spacial score (nSPS) is 17.2. The van der Waals surface area contributed by atoms with Gasteiger partial charge < -0.3 is 4.90 Å². The minimum Gasteiger partial charge on any atom is -0.340 e. The molecule has 1 aromatic rings. The zero-order valence-electron chi connectivity index (χ0n) is 7.38. The Morgan fingerprint density at radius 1 is 1.42 bits per heavy atom. The molecule has 0 saturated carbocycles. The Labute approximate surface area is 72.0 Å². The highest BCUT2D eigenvalue weighted by atomic mass is 15.4. The first-order valence-electron chi connectivity index (χ1n) is 4.56. The van der Waals surface area contributed by atoms with E-state index in [9.17, 15) is 0 Å². The summed E-state index contributed by atoms with van der Waals surface area (Å²) in [5, 5.41) is 7.09. The van der Waals surface area contributed by atoms with Crippen LogP contribution in [0.1, 0.15) is 25.6 Å². The smallest absolute Gasteiger partial charge is 0.244 e. The second-order valence-electron chi connectivity index (χ2n) is 3.13. The van der Waals surface area contributed by atoms with E-state index < -0.39 is 0 Å². The topological polar surface area (TPSA) is 44.8 Å². The quantitative estimate of drug-likeness (QED) is 0.712. The molecule has 1 fully saturated rings. The minimum atomic E-state index is 0.879. The molecule has 4 nitrogen and oxygen atoms in total. The van der Waals surface area contributed by atoms with Crippen molar-refractivity contribution in [3.63, 3.8) is 0 Å². The summed E-state index contributed by atoms with van der Waals surface area (Å²) in [5.41, 5.74) is 0. The molecule has 0 radical (unpaired) electrons. The average molecular weight is 166 g/mol. The highest BCUT2D eigenvalue weighted by Gasteiger charge is 2.15. The predicted molar refractivity (Wildman–Crippen MR) is 47.2 cm³/mol. The van der Waals surface area contributed by atoms with E-state index in [0.29, 0.717) is 0 Å². The van der Waals surface area contributed by atoms with Crippen LogP contribution < -0.4 is 4.90 Å². The van der Waals surface area contributed by atoms with E-state index >= 15 is 0 Å². The van der Waals surface area contributed by atoms with Gasteiger partial charge in [-0.3, -0.25) is 5.10 Å². The fraction of sp³-hybridized carbons (Fsp3) is 0.750. The molecule has 1 N–H and O–H groups in total. The number of nitrogens with zero attached hydrogens (tertiary/aromatic N) is 3. The van der Waals surface area contributed by atoms with Crippen molar-refractivity contribution < 1.29 is 0 Å². The van der Waals surface area contributed by atoms with Gasteiger partial charge in [0.15, 0.2) is 0 Å². The second-order valence-corrected chi connectivity index (χ2v) is 3.13. The fourth-order valence-corrected chi connectivity index (χ4v) is 1.50. The van der Waals surface area contributed by atoms with Gasteiger partial charge in [0.25, 0.3) is 0 Å². The number of aromatic amines is 1. The number of nitrogens with one attached hydrogen (secondary N) is 1. The van der Waals surface area contributed by atoms with Crippen LogP contribution in [0.4, 0.5) is 5.95 Å². The van der Waals surface area contributed by atoms with Crippen molar-refractivity contribution >= 4 is 5.95 Å². The van der Waals surface area contributed by atoms with Gasteiger partial charge in [0.2, 0.25) is 5.95 Å². The summed E-state index contributed by atoms with van der Waals surface area (Å²) < 4.78 is 0. The number of aromatic nitrogens is 3. The SMILES string of the molecule is CCc1nc(N2CCCC2)n[nH]1. The summed E-state index contributed by atoms with van der Waals surface area (Å²) in [6.45, 7) is 4.30. The minimum absolute atomic E-state index is 0.879. The highest BCUT2D eigenvalue weighted by Crippen LogP contribution is 2.14. The number of hydrogen-bond donors (Lipinski definition) is 1. The summed E-state index contributed by atoms with van der Waals surface area (Å²) in [5.74, 6) is 1.86. The Bertz CT molecular complexity index is 249. The van der Waals surface area contributed by atoms with Crippen LogP contribution in [-0.2, 0) is 6.42 Å². The molecule has 12 heavy (non-hydrogen) atoms. The largest absolute Gasteiger partial charge is 0.340 e. The van der Waals surface area contributed by atoms with Crippen molar-refractivity contribution in [3.8, 4) is 0 Å². The maximum Gasteiger partial charge on any atom is 0.244 e. The van der Waals surface area contributed by atoms with Crippen LogP contribution in [0.25, 0.3) is 0 Å². The molecule has 0 atom stereocenters. The maximum atomic E-state index is 4.37. The average Bonchev–Trinajstić information content (AvgIpc) is 2.75. The lowest BCUT2D eigenvalue weighted by Gasteiger charge is -2.10. The number of H-pyrrole nitrogens is 1. The molecule has 2 rings (SSSR count). The van der Waals surface area contributed by atoms with E-state index in [2.05, 4.69) is 27.0 Å². The van der Waals surface area contributed by atoms with E-state index in [4.69, 9.17) is 0 Å². The molecule has 0 amide bonds.